The molecule has 1 N–H and O–H groups in total. The van der Waals surface area contributed by atoms with E-state index in [1.165, 1.54) is 24.0 Å². The minimum absolute atomic E-state index is 0.0363. The Balaban J connectivity index is 1.55. The van der Waals surface area contributed by atoms with E-state index < -0.39 is 4.92 Å². The number of thiocarbonyl (C=S) groups is 1. The van der Waals surface area contributed by atoms with Crippen molar-refractivity contribution < 1.29 is 18.9 Å². The van der Waals surface area contributed by atoms with E-state index in [-0.39, 0.29) is 17.5 Å². The number of carbonyl (C=O) groups is 2. The van der Waals surface area contributed by atoms with E-state index in [0.29, 0.717) is 37.7 Å². The first-order valence-electron chi connectivity index (χ1n) is 9.32. The Morgan fingerprint density at radius 3 is 2.62 bits per heavy atom. The van der Waals surface area contributed by atoms with E-state index >= 15 is 0 Å². The van der Waals surface area contributed by atoms with Crippen LogP contribution in [0.15, 0.2) is 70.0 Å². The SMILES string of the molecule is CC(=O)Nc1ccc(N2C(=O)/C(=C\c3ccc(-c4cccc([N+](=O)[O-])c4)o3)SC2=S)cc1. The Labute approximate surface area is 192 Å². The number of furan rings is 1. The highest BCUT2D eigenvalue weighted by Gasteiger charge is 2.33. The molecule has 8 nitrogen and oxygen atoms in total. The number of nitrogens with zero attached hydrogens (tertiary/aromatic N) is 2. The number of amides is 2. The van der Waals surface area contributed by atoms with Crippen molar-refractivity contribution >= 4 is 63.3 Å². The zero-order chi connectivity index (χ0) is 22.8. The van der Waals surface area contributed by atoms with Crippen molar-refractivity contribution in [3.63, 3.8) is 0 Å². The zero-order valence-electron chi connectivity index (χ0n) is 16.6. The maximum Gasteiger partial charge on any atom is 0.270 e. The third kappa shape index (κ3) is 4.46. The number of benzene rings is 2. The third-order valence-corrected chi connectivity index (χ3v) is 5.78. The zero-order valence-corrected chi connectivity index (χ0v) is 18.2. The molecule has 4 rings (SSSR count). The summed E-state index contributed by atoms with van der Waals surface area (Å²) in [5.74, 6) is 0.395. The van der Waals surface area contributed by atoms with Gasteiger partial charge in [0.1, 0.15) is 11.5 Å². The van der Waals surface area contributed by atoms with Crippen LogP contribution in [0.25, 0.3) is 17.4 Å². The summed E-state index contributed by atoms with van der Waals surface area (Å²) in [5, 5.41) is 13.7. The molecule has 1 saturated heterocycles. The molecular formula is C22H15N3O5S2. The molecule has 0 atom stereocenters. The molecule has 0 saturated carbocycles. The number of hydrogen-bond donors (Lipinski definition) is 1. The molecular weight excluding hydrogens is 450 g/mol. The Morgan fingerprint density at radius 2 is 1.94 bits per heavy atom. The van der Waals surface area contributed by atoms with Gasteiger partial charge >= 0.3 is 0 Å². The molecule has 0 aliphatic carbocycles. The fourth-order valence-electron chi connectivity index (χ4n) is 3.07. The number of anilines is 2. The molecule has 0 radical (unpaired) electrons. The first-order valence-corrected chi connectivity index (χ1v) is 10.5. The van der Waals surface area contributed by atoms with Gasteiger partial charge in [-0.3, -0.25) is 24.6 Å². The number of thioether (sulfide) groups is 1. The fourth-order valence-corrected chi connectivity index (χ4v) is 4.35. The van der Waals surface area contributed by atoms with Gasteiger partial charge in [-0.25, -0.2) is 0 Å². The highest BCUT2D eigenvalue weighted by Crippen LogP contribution is 2.37. The topological polar surface area (TPSA) is 106 Å². The average Bonchev–Trinajstić information content (AvgIpc) is 3.33. The largest absolute Gasteiger partial charge is 0.457 e. The van der Waals surface area contributed by atoms with Gasteiger partial charge in [0.15, 0.2) is 4.32 Å². The van der Waals surface area contributed by atoms with Gasteiger partial charge in [-0.1, -0.05) is 36.1 Å². The molecule has 0 unspecified atom stereocenters. The van der Waals surface area contributed by atoms with Crippen molar-refractivity contribution in [1.82, 2.24) is 0 Å². The first kappa shape index (κ1) is 21.5. The summed E-state index contributed by atoms with van der Waals surface area (Å²) in [5.41, 5.74) is 1.73. The molecule has 32 heavy (non-hydrogen) atoms. The van der Waals surface area contributed by atoms with Gasteiger partial charge in [-0.15, -0.1) is 0 Å². The number of nitro benzene ring substituents is 1. The van der Waals surface area contributed by atoms with Crippen molar-refractivity contribution in [3.8, 4) is 11.3 Å². The van der Waals surface area contributed by atoms with E-state index in [1.54, 1.807) is 54.6 Å². The Bertz CT molecular complexity index is 1280. The van der Waals surface area contributed by atoms with E-state index in [9.17, 15) is 19.7 Å². The third-order valence-electron chi connectivity index (χ3n) is 4.48. The molecule has 10 heteroatoms. The lowest BCUT2D eigenvalue weighted by Gasteiger charge is -2.15. The van der Waals surface area contributed by atoms with Crippen LogP contribution >= 0.6 is 24.0 Å². The van der Waals surface area contributed by atoms with Crippen molar-refractivity contribution in [2.24, 2.45) is 0 Å². The second kappa shape index (κ2) is 8.77. The summed E-state index contributed by atoms with van der Waals surface area (Å²) < 4.78 is 6.15. The molecule has 2 aromatic carbocycles. The number of nitro groups is 1. The fraction of sp³-hybridized carbons (Fsp3) is 0.0455. The van der Waals surface area contributed by atoms with Crippen LogP contribution in [0.4, 0.5) is 17.1 Å². The summed E-state index contributed by atoms with van der Waals surface area (Å²) in [6, 6.07) is 16.3. The number of rotatable bonds is 5. The number of non-ortho nitro benzene ring substituents is 1. The summed E-state index contributed by atoms with van der Waals surface area (Å²) >= 11 is 6.53. The van der Waals surface area contributed by atoms with Crippen LogP contribution in [-0.4, -0.2) is 21.1 Å². The molecule has 2 heterocycles. The Morgan fingerprint density at radius 1 is 1.19 bits per heavy atom. The van der Waals surface area contributed by atoms with Gasteiger partial charge < -0.3 is 9.73 Å². The van der Waals surface area contributed by atoms with Crippen LogP contribution in [0.5, 0.6) is 0 Å². The van der Waals surface area contributed by atoms with Gasteiger partial charge in [0.25, 0.3) is 11.6 Å². The molecule has 0 spiro atoms. The van der Waals surface area contributed by atoms with Gasteiger partial charge in [0, 0.05) is 36.4 Å². The predicted octanol–water partition coefficient (Wildman–Crippen LogP) is 5.22. The van der Waals surface area contributed by atoms with Crippen LogP contribution in [-0.2, 0) is 9.59 Å². The van der Waals surface area contributed by atoms with E-state index in [0.717, 1.165) is 11.8 Å². The summed E-state index contributed by atoms with van der Waals surface area (Å²) in [6.45, 7) is 1.42. The van der Waals surface area contributed by atoms with Crippen molar-refractivity contribution in [2.45, 2.75) is 6.92 Å². The second-order valence-electron chi connectivity index (χ2n) is 6.75. The number of nitrogens with one attached hydrogen (secondary N) is 1. The normalized spacial score (nSPS) is 14.8. The molecule has 1 fully saturated rings. The first-order chi connectivity index (χ1) is 15.3. The standard InChI is InChI=1S/C22H15N3O5S2/c1-13(26)23-15-5-7-16(8-6-15)24-21(27)20(32-22(24)31)12-18-9-10-19(30-18)14-3-2-4-17(11-14)25(28)29/h2-12H,1H3,(H,23,26)/b20-12+. The summed E-state index contributed by atoms with van der Waals surface area (Å²) in [4.78, 5) is 36.4. The molecule has 0 bridgehead atoms. The second-order valence-corrected chi connectivity index (χ2v) is 8.43. The molecule has 160 valence electrons. The molecule has 1 aliphatic heterocycles. The minimum atomic E-state index is -0.471. The Kier molecular flexibility index (Phi) is 5.89. The summed E-state index contributed by atoms with van der Waals surface area (Å²) in [7, 11) is 0. The molecule has 3 aromatic rings. The molecule has 1 aromatic heterocycles. The monoisotopic (exact) mass is 465 g/mol. The number of hydrogen-bond acceptors (Lipinski definition) is 7. The average molecular weight is 466 g/mol. The van der Waals surface area contributed by atoms with Crippen molar-refractivity contribution in [3.05, 3.63) is 81.4 Å². The minimum Gasteiger partial charge on any atom is -0.457 e. The van der Waals surface area contributed by atoms with Crippen LogP contribution in [0.1, 0.15) is 12.7 Å². The lowest BCUT2D eigenvalue weighted by Crippen LogP contribution is -2.27. The van der Waals surface area contributed by atoms with Crippen LogP contribution in [0.3, 0.4) is 0 Å². The van der Waals surface area contributed by atoms with Gasteiger partial charge in [-0.2, -0.15) is 0 Å². The summed E-state index contributed by atoms with van der Waals surface area (Å²) in [6.07, 6.45) is 1.59. The van der Waals surface area contributed by atoms with E-state index in [1.807, 2.05) is 0 Å². The molecule has 1 aliphatic rings. The van der Waals surface area contributed by atoms with E-state index in [4.69, 9.17) is 16.6 Å². The van der Waals surface area contributed by atoms with Crippen LogP contribution < -0.4 is 10.2 Å². The van der Waals surface area contributed by atoms with Crippen LogP contribution in [0, 0.1) is 10.1 Å². The quantitative estimate of drug-likeness (QED) is 0.238. The van der Waals surface area contributed by atoms with Gasteiger partial charge in [0.05, 0.1) is 15.5 Å². The smallest absolute Gasteiger partial charge is 0.270 e. The highest BCUT2D eigenvalue weighted by atomic mass is 32.2. The van der Waals surface area contributed by atoms with Crippen molar-refractivity contribution in [2.75, 3.05) is 10.2 Å². The highest BCUT2D eigenvalue weighted by molar-refractivity contribution is 8.27. The maximum atomic E-state index is 12.9. The molecule has 2 amide bonds. The number of carbonyl (C=O) groups excluding carboxylic acids is 2. The van der Waals surface area contributed by atoms with Gasteiger partial charge in [-0.05, 0) is 36.4 Å². The van der Waals surface area contributed by atoms with Gasteiger partial charge in [0.2, 0.25) is 5.91 Å². The van der Waals surface area contributed by atoms with E-state index in [2.05, 4.69) is 5.32 Å². The lowest BCUT2D eigenvalue weighted by atomic mass is 10.1. The Hall–Kier alpha value is -3.76. The maximum absolute atomic E-state index is 12.9. The van der Waals surface area contributed by atoms with Crippen molar-refractivity contribution in [1.29, 1.82) is 0 Å². The predicted molar refractivity (Wildman–Crippen MR) is 127 cm³/mol. The lowest BCUT2D eigenvalue weighted by molar-refractivity contribution is -0.384. The van der Waals surface area contributed by atoms with Crippen LogP contribution in [0.2, 0.25) is 0 Å².